The zero-order chi connectivity index (χ0) is 20.2. The van der Waals surface area contributed by atoms with E-state index in [4.69, 9.17) is 4.74 Å². The van der Waals surface area contributed by atoms with Gasteiger partial charge in [0.2, 0.25) is 6.10 Å². The summed E-state index contributed by atoms with van der Waals surface area (Å²) in [6.45, 7) is 5.44. The van der Waals surface area contributed by atoms with E-state index in [-0.39, 0.29) is 22.1 Å². The zero-order valence-electron chi connectivity index (χ0n) is 15.7. The Bertz CT molecular complexity index is 1160. The number of benzene rings is 1. The van der Waals surface area contributed by atoms with E-state index in [1.54, 1.807) is 36.7 Å². The number of nitrogens with zero attached hydrogens (tertiary/aromatic N) is 2. The number of rotatable bonds is 3. The van der Waals surface area contributed by atoms with Gasteiger partial charge in [-0.3, -0.25) is 9.78 Å². The van der Waals surface area contributed by atoms with Crippen LogP contribution in [0.3, 0.4) is 0 Å². The third kappa shape index (κ3) is 2.66. The summed E-state index contributed by atoms with van der Waals surface area (Å²) < 4.78 is 22.7. The largest absolute Gasteiger partial charge is 0.478 e. The van der Waals surface area contributed by atoms with Crippen LogP contribution in [0.15, 0.2) is 35.3 Å². The van der Waals surface area contributed by atoms with E-state index in [9.17, 15) is 14.7 Å². The van der Waals surface area contributed by atoms with E-state index in [0.29, 0.717) is 28.9 Å². The minimum Gasteiger partial charge on any atom is -0.478 e. The molecule has 28 heavy (non-hydrogen) atoms. The first-order chi connectivity index (χ1) is 13.3. The van der Waals surface area contributed by atoms with Gasteiger partial charge in [0.25, 0.3) is 0 Å². The number of hydrogen-bond donors (Lipinski definition) is 1. The molecule has 0 spiro atoms. The van der Waals surface area contributed by atoms with Gasteiger partial charge < -0.3 is 14.4 Å². The normalized spacial score (nSPS) is 18.1. The van der Waals surface area contributed by atoms with Crippen LogP contribution in [0.25, 0.3) is 22.0 Å². The van der Waals surface area contributed by atoms with Crippen molar-refractivity contribution < 1.29 is 19.0 Å². The predicted molar refractivity (Wildman–Crippen MR) is 102 cm³/mol. The van der Waals surface area contributed by atoms with Crippen LogP contribution in [0.2, 0.25) is 0 Å². The zero-order valence-corrected chi connectivity index (χ0v) is 15.7. The Kier molecular flexibility index (Phi) is 4.18. The van der Waals surface area contributed by atoms with Crippen molar-refractivity contribution in [2.24, 2.45) is 0 Å². The molecular formula is C21H19FN2O4. The van der Waals surface area contributed by atoms with E-state index < -0.39 is 23.9 Å². The highest BCUT2D eigenvalue weighted by Crippen LogP contribution is 2.44. The van der Waals surface area contributed by atoms with Crippen molar-refractivity contribution in [3.8, 4) is 16.9 Å². The average molecular weight is 382 g/mol. The Hall–Kier alpha value is -3.22. The molecule has 0 radical (unpaired) electrons. The number of halogens is 1. The van der Waals surface area contributed by atoms with Crippen molar-refractivity contribution in [1.82, 2.24) is 9.55 Å². The lowest BCUT2D eigenvalue weighted by Crippen LogP contribution is -2.40. The highest BCUT2D eigenvalue weighted by molar-refractivity contribution is 5.94. The molecule has 1 aliphatic rings. The van der Waals surface area contributed by atoms with Crippen LogP contribution in [0.5, 0.6) is 5.75 Å². The number of carboxylic acids is 1. The maximum atomic E-state index is 15.2. The maximum Gasteiger partial charge on any atom is 0.347 e. The summed E-state index contributed by atoms with van der Waals surface area (Å²) in [5.74, 6) is -1.70. The summed E-state index contributed by atoms with van der Waals surface area (Å²) in [5.41, 5.74) is 2.14. The molecule has 144 valence electrons. The molecular weight excluding hydrogens is 363 g/mol. The van der Waals surface area contributed by atoms with E-state index in [1.165, 1.54) is 12.1 Å². The lowest BCUT2D eigenvalue weighted by atomic mass is 9.97. The second-order valence-corrected chi connectivity index (χ2v) is 7.04. The van der Waals surface area contributed by atoms with Crippen LogP contribution < -0.4 is 10.2 Å². The molecule has 0 amide bonds. The third-order valence-corrected chi connectivity index (χ3v) is 5.10. The number of carbonyl (C=O) groups is 1. The first-order valence-corrected chi connectivity index (χ1v) is 9.04. The maximum absolute atomic E-state index is 15.2. The van der Waals surface area contributed by atoms with Gasteiger partial charge in [0.05, 0.1) is 22.5 Å². The summed E-state index contributed by atoms with van der Waals surface area (Å²) in [5, 5.41) is 9.86. The molecule has 1 aliphatic heterocycles. The van der Waals surface area contributed by atoms with E-state index in [1.807, 2.05) is 6.92 Å². The number of aryl methyl sites for hydroxylation is 2. The predicted octanol–water partition coefficient (Wildman–Crippen LogP) is 3.62. The van der Waals surface area contributed by atoms with Crippen molar-refractivity contribution in [1.29, 1.82) is 0 Å². The first kappa shape index (κ1) is 18.2. The molecule has 0 aliphatic carbocycles. The van der Waals surface area contributed by atoms with Gasteiger partial charge in [0.15, 0.2) is 11.2 Å². The van der Waals surface area contributed by atoms with Gasteiger partial charge in [-0.1, -0.05) is 6.92 Å². The third-order valence-electron chi connectivity index (χ3n) is 5.10. The Balaban J connectivity index is 2.14. The van der Waals surface area contributed by atoms with Gasteiger partial charge in [-0.15, -0.1) is 0 Å². The number of pyridine rings is 2. The lowest BCUT2D eigenvalue weighted by Gasteiger charge is -2.34. The molecule has 0 saturated carbocycles. The van der Waals surface area contributed by atoms with Gasteiger partial charge >= 0.3 is 5.97 Å². The smallest absolute Gasteiger partial charge is 0.347 e. The summed E-state index contributed by atoms with van der Waals surface area (Å²) in [4.78, 5) is 28.5. The molecule has 0 bridgehead atoms. The number of ether oxygens (including phenoxy) is 1. The molecule has 4 rings (SSSR count). The second-order valence-electron chi connectivity index (χ2n) is 7.04. The second kappa shape index (κ2) is 6.44. The van der Waals surface area contributed by atoms with Crippen molar-refractivity contribution in [3.63, 3.8) is 0 Å². The van der Waals surface area contributed by atoms with Crippen LogP contribution in [0, 0.1) is 19.7 Å². The van der Waals surface area contributed by atoms with Crippen LogP contribution in [-0.4, -0.2) is 26.7 Å². The Labute approximate surface area is 160 Å². The number of aromatic nitrogens is 2. The molecule has 3 aromatic rings. The molecule has 6 nitrogen and oxygen atoms in total. The summed E-state index contributed by atoms with van der Waals surface area (Å²) in [6, 6.07) is 5.45. The van der Waals surface area contributed by atoms with Crippen molar-refractivity contribution in [2.45, 2.75) is 39.3 Å². The number of carboxylic acid groups (broad SMARTS) is 1. The van der Waals surface area contributed by atoms with Gasteiger partial charge in [-0.2, -0.15) is 0 Å². The van der Waals surface area contributed by atoms with Gasteiger partial charge in [0.1, 0.15) is 5.82 Å². The van der Waals surface area contributed by atoms with Crippen molar-refractivity contribution >= 4 is 16.9 Å². The molecule has 0 fully saturated rings. The topological polar surface area (TPSA) is 81.4 Å². The number of hydrogen-bond acceptors (Lipinski definition) is 4. The van der Waals surface area contributed by atoms with E-state index >= 15 is 4.39 Å². The fraction of sp³-hybridized carbons (Fsp3) is 0.286. The van der Waals surface area contributed by atoms with E-state index in [2.05, 4.69) is 4.98 Å². The minimum absolute atomic E-state index is 0.0785. The molecule has 1 aromatic carbocycles. The summed E-state index contributed by atoms with van der Waals surface area (Å²) >= 11 is 0. The highest BCUT2D eigenvalue weighted by atomic mass is 19.1. The first-order valence-electron chi connectivity index (χ1n) is 9.04. The molecule has 0 saturated heterocycles. The average Bonchev–Trinajstić information content (AvgIpc) is 2.62. The van der Waals surface area contributed by atoms with Crippen LogP contribution in [0.4, 0.5) is 4.39 Å². The fourth-order valence-corrected chi connectivity index (χ4v) is 3.99. The van der Waals surface area contributed by atoms with Gasteiger partial charge in [-0.25, -0.2) is 9.18 Å². The fourth-order valence-electron chi connectivity index (χ4n) is 3.99. The molecule has 2 aromatic heterocycles. The SMILES string of the molecule is CCC1C(C(=O)O)Oc2c(-c3cc(C)nc(C)c3)c(F)cc3c(=O)ccn1c23. The Morgan fingerprint density at radius 1 is 1.29 bits per heavy atom. The van der Waals surface area contributed by atoms with Crippen LogP contribution >= 0.6 is 0 Å². The molecule has 3 heterocycles. The summed E-state index contributed by atoms with van der Waals surface area (Å²) in [7, 11) is 0. The van der Waals surface area contributed by atoms with Gasteiger partial charge in [-0.05, 0) is 44.0 Å². The Morgan fingerprint density at radius 2 is 1.96 bits per heavy atom. The van der Waals surface area contributed by atoms with Crippen molar-refractivity contribution in [2.75, 3.05) is 0 Å². The Morgan fingerprint density at radius 3 is 2.57 bits per heavy atom. The van der Waals surface area contributed by atoms with Crippen LogP contribution in [0.1, 0.15) is 30.8 Å². The van der Waals surface area contributed by atoms with Crippen LogP contribution in [-0.2, 0) is 4.79 Å². The van der Waals surface area contributed by atoms with Gasteiger partial charge in [0, 0.05) is 23.7 Å². The summed E-state index contributed by atoms with van der Waals surface area (Å²) in [6.07, 6.45) is 0.855. The molecule has 2 unspecified atom stereocenters. The standard InChI is InChI=1S/C21H19FN2O4/c1-4-15-19(21(26)27)28-20-17(12-7-10(2)23-11(3)8-12)14(22)9-13-16(25)5-6-24(15)18(13)20/h5-9,15,19H,4H2,1-3H3,(H,26,27). The lowest BCUT2D eigenvalue weighted by molar-refractivity contribution is -0.147. The van der Waals surface area contributed by atoms with E-state index in [0.717, 1.165) is 0 Å². The highest BCUT2D eigenvalue weighted by Gasteiger charge is 2.38. The quantitative estimate of drug-likeness (QED) is 0.748. The molecule has 2 atom stereocenters. The minimum atomic E-state index is -1.19. The number of aliphatic carboxylic acids is 1. The van der Waals surface area contributed by atoms with Crippen molar-refractivity contribution in [3.05, 3.63) is 57.9 Å². The molecule has 7 heteroatoms. The monoisotopic (exact) mass is 382 g/mol. The molecule has 1 N–H and O–H groups in total.